The molecular weight excluding hydrogens is 358 g/mol. The Bertz CT molecular complexity index is 629. The van der Waals surface area contributed by atoms with E-state index in [0.29, 0.717) is 12.2 Å². The molecule has 0 radical (unpaired) electrons. The third-order valence-corrected chi connectivity index (χ3v) is 6.26. The Labute approximate surface area is 133 Å². The van der Waals surface area contributed by atoms with Crippen LogP contribution in [0, 0.1) is 0 Å². The molecule has 0 spiro atoms. The summed E-state index contributed by atoms with van der Waals surface area (Å²) >= 11 is 3.32. The maximum Gasteiger partial charge on any atom is 0.260 e. The third-order valence-electron chi connectivity index (χ3n) is 3.84. The Hall–Kier alpha value is -1.08. The fourth-order valence-corrected chi connectivity index (χ4v) is 4.78. The molecule has 1 saturated heterocycles. The van der Waals surface area contributed by atoms with Gasteiger partial charge in [-0.2, -0.15) is 0 Å². The molecule has 1 amide bonds. The summed E-state index contributed by atoms with van der Waals surface area (Å²) in [7, 11) is -1.41. The lowest BCUT2D eigenvalue weighted by atomic mass is 10.00. The van der Waals surface area contributed by atoms with Crippen LogP contribution in [-0.4, -0.2) is 49.9 Å². The van der Waals surface area contributed by atoms with E-state index in [0.717, 1.165) is 4.47 Å². The summed E-state index contributed by atoms with van der Waals surface area (Å²) in [5.41, 5.74) is -0.640. The van der Waals surface area contributed by atoms with Crippen molar-refractivity contribution in [1.82, 2.24) is 4.90 Å². The van der Waals surface area contributed by atoms with Crippen molar-refractivity contribution in [3.05, 3.63) is 28.7 Å². The van der Waals surface area contributed by atoms with Gasteiger partial charge in [0.05, 0.1) is 17.0 Å². The first-order chi connectivity index (χ1) is 9.72. The van der Waals surface area contributed by atoms with Crippen molar-refractivity contribution in [2.75, 3.05) is 25.2 Å². The minimum absolute atomic E-state index is 0.0144. The monoisotopic (exact) mass is 375 g/mol. The molecule has 2 rings (SSSR count). The molecule has 21 heavy (non-hydrogen) atoms. The minimum atomic E-state index is -3.04. The van der Waals surface area contributed by atoms with Crippen LogP contribution in [0.3, 0.4) is 0 Å². The van der Waals surface area contributed by atoms with Crippen LogP contribution < -0.4 is 4.74 Å². The first-order valence-electron chi connectivity index (χ1n) is 6.57. The fraction of sp³-hybridized carbons (Fsp3) is 0.500. The van der Waals surface area contributed by atoms with E-state index in [9.17, 15) is 13.2 Å². The van der Waals surface area contributed by atoms with E-state index in [-0.39, 0.29) is 24.0 Å². The van der Waals surface area contributed by atoms with E-state index in [4.69, 9.17) is 4.74 Å². The highest BCUT2D eigenvalue weighted by molar-refractivity contribution is 9.10. The smallest absolute Gasteiger partial charge is 0.260 e. The van der Waals surface area contributed by atoms with E-state index in [1.807, 2.05) is 12.1 Å². The average Bonchev–Trinajstić information content (AvgIpc) is 2.72. The second kappa shape index (κ2) is 5.96. The zero-order valence-corrected chi connectivity index (χ0v) is 14.4. The molecular formula is C14H18BrNO4S. The van der Waals surface area contributed by atoms with Crippen molar-refractivity contribution in [3.63, 3.8) is 0 Å². The van der Waals surface area contributed by atoms with Gasteiger partial charge in [0, 0.05) is 11.5 Å². The Morgan fingerprint density at radius 1 is 1.38 bits per heavy atom. The van der Waals surface area contributed by atoms with Gasteiger partial charge in [-0.25, -0.2) is 8.42 Å². The van der Waals surface area contributed by atoms with E-state index in [2.05, 4.69) is 15.9 Å². The van der Waals surface area contributed by atoms with E-state index < -0.39 is 15.4 Å². The molecule has 1 aliphatic rings. The Morgan fingerprint density at radius 3 is 2.52 bits per heavy atom. The molecule has 1 aromatic rings. The molecule has 0 aliphatic carbocycles. The minimum Gasteiger partial charge on any atom is -0.484 e. The molecule has 0 aromatic heterocycles. The van der Waals surface area contributed by atoms with Gasteiger partial charge in [-0.05, 0) is 37.6 Å². The SMILES string of the molecule is CN(C(=O)COc1ccc(Br)cc1)[C@]1(C)CCS(=O)(=O)C1. The van der Waals surface area contributed by atoms with Gasteiger partial charge < -0.3 is 9.64 Å². The standard InChI is InChI=1S/C14H18BrNO4S/c1-14(7-8-21(18,19)10-14)16(2)13(17)9-20-12-5-3-11(15)4-6-12/h3-6H,7-10H2,1-2H3/t14-/m1/s1. The molecule has 1 heterocycles. The summed E-state index contributed by atoms with van der Waals surface area (Å²) in [6, 6.07) is 7.18. The van der Waals surface area contributed by atoms with Crippen molar-refractivity contribution in [2.24, 2.45) is 0 Å². The number of carbonyl (C=O) groups is 1. The lowest BCUT2D eigenvalue weighted by Gasteiger charge is -2.34. The number of amides is 1. The van der Waals surface area contributed by atoms with Gasteiger partial charge in [0.15, 0.2) is 16.4 Å². The third kappa shape index (κ3) is 3.97. The van der Waals surface area contributed by atoms with E-state index in [1.165, 1.54) is 4.90 Å². The number of hydrogen-bond donors (Lipinski definition) is 0. The number of halogens is 1. The normalized spacial score (nSPS) is 23.8. The molecule has 0 unspecified atom stereocenters. The number of ether oxygens (including phenoxy) is 1. The zero-order valence-electron chi connectivity index (χ0n) is 12.0. The number of likely N-dealkylation sites (N-methyl/N-ethyl adjacent to an activating group) is 1. The molecule has 0 N–H and O–H groups in total. The van der Waals surface area contributed by atoms with Crippen molar-refractivity contribution < 1.29 is 17.9 Å². The molecule has 1 fully saturated rings. The fourth-order valence-electron chi connectivity index (χ4n) is 2.33. The summed E-state index contributed by atoms with van der Waals surface area (Å²) in [5, 5.41) is 0. The Balaban J connectivity index is 1.95. The maximum absolute atomic E-state index is 12.2. The lowest BCUT2D eigenvalue weighted by Crippen LogP contribution is -2.49. The van der Waals surface area contributed by atoms with Crippen LogP contribution in [0.1, 0.15) is 13.3 Å². The molecule has 1 aromatic carbocycles. The summed E-state index contributed by atoms with van der Waals surface area (Å²) < 4.78 is 29.6. The van der Waals surface area contributed by atoms with Gasteiger partial charge in [0.25, 0.3) is 5.91 Å². The molecule has 0 bridgehead atoms. The van der Waals surface area contributed by atoms with Gasteiger partial charge in [-0.3, -0.25) is 4.79 Å². The highest BCUT2D eigenvalue weighted by Crippen LogP contribution is 2.28. The quantitative estimate of drug-likeness (QED) is 0.805. The van der Waals surface area contributed by atoms with Crippen molar-refractivity contribution in [1.29, 1.82) is 0 Å². The van der Waals surface area contributed by atoms with E-state index >= 15 is 0 Å². The van der Waals surface area contributed by atoms with Crippen LogP contribution in [0.15, 0.2) is 28.7 Å². The van der Waals surface area contributed by atoms with Gasteiger partial charge in [0.2, 0.25) is 0 Å². The van der Waals surface area contributed by atoms with Gasteiger partial charge in [0.1, 0.15) is 5.75 Å². The summed E-state index contributed by atoms with van der Waals surface area (Å²) in [6.07, 6.45) is 0.468. The van der Waals surface area contributed by atoms with Crippen molar-refractivity contribution in [2.45, 2.75) is 18.9 Å². The van der Waals surface area contributed by atoms with Crippen LogP contribution in [0.25, 0.3) is 0 Å². The van der Waals surface area contributed by atoms with E-state index in [1.54, 1.807) is 26.1 Å². The Morgan fingerprint density at radius 2 is 2.00 bits per heavy atom. The van der Waals surface area contributed by atoms with Crippen LogP contribution >= 0.6 is 15.9 Å². The van der Waals surface area contributed by atoms with Crippen LogP contribution in [0.5, 0.6) is 5.75 Å². The van der Waals surface area contributed by atoms with Crippen LogP contribution in [0.2, 0.25) is 0 Å². The summed E-state index contributed by atoms with van der Waals surface area (Å²) in [6.45, 7) is 1.70. The number of benzene rings is 1. The number of carbonyl (C=O) groups excluding carboxylic acids is 1. The molecule has 116 valence electrons. The number of sulfone groups is 1. The van der Waals surface area contributed by atoms with Gasteiger partial charge in [-0.1, -0.05) is 15.9 Å². The van der Waals surface area contributed by atoms with Gasteiger partial charge >= 0.3 is 0 Å². The van der Waals surface area contributed by atoms with Crippen molar-refractivity contribution in [3.8, 4) is 5.75 Å². The zero-order chi connectivity index (χ0) is 15.7. The topological polar surface area (TPSA) is 63.7 Å². The van der Waals surface area contributed by atoms with Gasteiger partial charge in [-0.15, -0.1) is 0 Å². The number of nitrogens with zero attached hydrogens (tertiary/aromatic N) is 1. The summed E-state index contributed by atoms with van der Waals surface area (Å²) in [5.74, 6) is 0.525. The average molecular weight is 376 g/mol. The second-order valence-corrected chi connectivity index (χ2v) is 8.63. The van der Waals surface area contributed by atoms with Crippen molar-refractivity contribution >= 4 is 31.7 Å². The first-order valence-corrected chi connectivity index (χ1v) is 9.19. The maximum atomic E-state index is 12.2. The van der Waals surface area contributed by atoms with Crippen LogP contribution in [-0.2, 0) is 14.6 Å². The predicted octanol–water partition coefficient (Wildman–Crippen LogP) is 1.86. The highest BCUT2D eigenvalue weighted by atomic mass is 79.9. The Kier molecular flexibility index (Phi) is 4.63. The second-order valence-electron chi connectivity index (χ2n) is 5.53. The number of rotatable bonds is 4. The molecule has 7 heteroatoms. The summed E-state index contributed by atoms with van der Waals surface area (Å²) in [4.78, 5) is 13.7. The molecule has 1 aliphatic heterocycles. The molecule has 1 atom stereocenters. The van der Waals surface area contributed by atoms with Crippen LogP contribution in [0.4, 0.5) is 0 Å². The predicted molar refractivity (Wildman–Crippen MR) is 84.1 cm³/mol. The molecule has 5 nitrogen and oxygen atoms in total. The first kappa shape index (κ1) is 16.3. The number of hydrogen-bond acceptors (Lipinski definition) is 4. The lowest BCUT2D eigenvalue weighted by molar-refractivity contribution is -0.136. The molecule has 0 saturated carbocycles. The highest BCUT2D eigenvalue weighted by Gasteiger charge is 2.43. The largest absolute Gasteiger partial charge is 0.484 e.